The molecule has 0 bridgehead atoms. The maximum Gasteiger partial charge on any atom is 0.321 e. The number of amides is 1. The van der Waals surface area contributed by atoms with Crippen LogP contribution in [0.1, 0.15) is 19.9 Å². The van der Waals surface area contributed by atoms with Crippen molar-refractivity contribution in [3.8, 4) is 0 Å². The summed E-state index contributed by atoms with van der Waals surface area (Å²) in [4.78, 5) is 16.4. The van der Waals surface area contributed by atoms with Gasteiger partial charge in [-0.25, -0.2) is 13.4 Å². The number of rotatable bonds is 5. The van der Waals surface area contributed by atoms with E-state index < -0.39 is 27.7 Å². The average Bonchev–Trinajstić information content (AvgIpc) is 3.06. The highest BCUT2D eigenvalue weighted by Crippen LogP contribution is 2.31. The third-order valence-corrected chi connectivity index (χ3v) is 6.82. The van der Waals surface area contributed by atoms with E-state index in [0.29, 0.717) is 17.5 Å². The number of benzene rings is 1. The van der Waals surface area contributed by atoms with Crippen molar-refractivity contribution < 1.29 is 22.0 Å². The summed E-state index contributed by atoms with van der Waals surface area (Å²) in [6.45, 7) is -1.19. The summed E-state index contributed by atoms with van der Waals surface area (Å²) in [7, 11) is -3.10. The molecule has 2 atom stereocenters. The SMILES string of the molecule is C[C@@H](Sc1nc2ccccc2n1C(F)F)C(=O)N[C@H]1CCS(=O)(=O)C1. The quantitative estimate of drug-likeness (QED) is 0.793. The van der Waals surface area contributed by atoms with E-state index in [-0.39, 0.29) is 22.6 Å². The number of hydrogen-bond donors (Lipinski definition) is 1. The second kappa shape index (κ2) is 6.91. The Balaban J connectivity index is 1.74. The molecule has 1 N–H and O–H groups in total. The first-order valence-corrected chi connectivity index (χ1v) is 10.4. The van der Waals surface area contributed by atoms with E-state index in [1.165, 1.54) is 0 Å². The topological polar surface area (TPSA) is 81.1 Å². The molecule has 1 aromatic carbocycles. The molecule has 1 saturated heterocycles. The Kier molecular flexibility index (Phi) is 5.01. The molecular formula is C15H17F2N3O3S2. The van der Waals surface area contributed by atoms with Crippen molar-refractivity contribution >= 4 is 38.5 Å². The van der Waals surface area contributed by atoms with Crippen LogP contribution in [0.3, 0.4) is 0 Å². The van der Waals surface area contributed by atoms with Crippen LogP contribution in [0.5, 0.6) is 0 Å². The third-order valence-electron chi connectivity index (χ3n) is 3.99. The van der Waals surface area contributed by atoms with Gasteiger partial charge in [0.2, 0.25) is 5.91 Å². The Morgan fingerprint density at radius 1 is 1.40 bits per heavy atom. The fraction of sp³-hybridized carbons (Fsp3) is 0.467. The van der Waals surface area contributed by atoms with E-state index in [9.17, 15) is 22.0 Å². The van der Waals surface area contributed by atoms with Crippen LogP contribution in [0.4, 0.5) is 8.78 Å². The van der Waals surface area contributed by atoms with E-state index in [4.69, 9.17) is 0 Å². The molecule has 0 spiro atoms. The second-order valence-electron chi connectivity index (χ2n) is 5.90. The molecule has 1 aliphatic heterocycles. The lowest BCUT2D eigenvalue weighted by molar-refractivity contribution is -0.120. The molecule has 136 valence electrons. The number of fused-ring (bicyclic) bond motifs is 1. The van der Waals surface area contributed by atoms with Crippen molar-refractivity contribution in [2.45, 2.75) is 36.3 Å². The Hall–Kier alpha value is -1.68. The highest BCUT2D eigenvalue weighted by atomic mass is 32.2. The van der Waals surface area contributed by atoms with Crippen LogP contribution in [-0.2, 0) is 14.6 Å². The van der Waals surface area contributed by atoms with Crippen molar-refractivity contribution in [1.29, 1.82) is 0 Å². The standard InChI is InChI=1S/C15H17F2N3O3S2/c1-9(13(21)18-10-6-7-25(22,23)8-10)24-15-19-11-4-2-3-5-12(11)20(15)14(16)17/h2-5,9-10,14H,6-8H2,1H3,(H,18,21)/t9-,10+/m1/s1. The lowest BCUT2D eigenvalue weighted by atomic mass is 10.2. The minimum atomic E-state index is -3.10. The Bertz CT molecular complexity index is 899. The lowest BCUT2D eigenvalue weighted by Gasteiger charge is -2.16. The first kappa shape index (κ1) is 18.1. The highest BCUT2D eigenvalue weighted by Gasteiger charge is 2.31. The maximum atomic E-state index is 13.4. The van der Waals surface area contributed by atoms with Gasteiger partial charge in [0, 0.05) is 6.04 Å². The molecule has 1 aliphatic rings. The van der Waals surface area contributed by atoms with Crippen molar-refractivity contribution in [3.05, 3.63) is 24.3 Å². The zero-order valence-corrected chi connectivity index (χ0v) is 15.0. The van der Waals surface area contributed by atoms with Crippen LogP contribution >= 0.6 is 11.8 Å². The number of halogens is 2. The number of para-hydroxylation sites is 2. The minimum absolute atomic E-state index is 0.0536. The van der Waals surface area contributed by atoms with E-state index in [2.05, 4.69) is 10.3 Å². The number of carbonyl (C=O) groups excluding carboxylic acids is 1. The van der Waals surface area contributed by atoms with Gasteiger partial charge in [0.05, 0.1) is 27.8 Å². The van der Waals surface area contributed by atoms with Gasteiger partial charge in [-0.05, 0) is 25.5 Å². The first-order chi connectivity index (χ1) is 11.8. The molecule has 6 nitrogen and oxygen atoms in total. The minimum Gasteiger partial charge on any atom is -0.351 e. The molecule has 10 heteroatoms. The van der Waals surface area contributed by atoms with Gasteiger partial charge in [0.25, 0.3) is 0 Å². The van der Waals surface area contributed by atoms with Crippen LogP contribution in [0, 0.1) is 0 Å². The zero-order valence-electron chi connectivity index (χ0n) is 13.4. The smallest absolute Gasteiger partial charge is 0.321 e. The van der Waals surface area contributed by atoms with Gasteiger partial charge in [0.1, 0.15) is 0 Å². The van der Waals surface area contributed by atoms with Crippen molar-refractivity contribution in [3.63, 3.8) is 0 Å². The predicted molar refractivity (Wildman–Crippen MR) is 91.5 cm³/mol. The largest absolute Gasteiger partial charge is 0.351 e. The molecule has 1 aromatic heterocycles. The molecule has 25 heavy (non-hydrogen) atoms. The van der Waals surface area contributed by atoms with E-state index in [0.717, 1.165) is 16.3 Å². The summed E-state index contributed by atoms with van der Waals surface area (Å²) < 4.78 is 50.5. The molecule has 3 rings (SSSR count). The number of aromatic nitrogens is 2. The normalized spacial score (nSPS) is 20.9. The Morgan fingerprint density at radius 3 is 2.76 bits per heavy atom. The lowest BCUT2D eigenvalue weighted by Crippen LogP contribution is -2.40. The van der Waals surface area contributed by atoms with E-state index in [1.807, 2.05) is 0 Å². The predicted octanol–water partition coefficient (Wildman–Crippen LogP) is 2.22. The number of thioether (sulfide) groups is 1. The second-order valence-corrected chi connectivity index (χ2v) is 9.44. The third kappa shape index (κ3) is 3.95. The molecule has 0 radical (unpaired) electrons. The molecule has 2 aromatic rings. The summed E-state index contributed by atoms with van der Waals surface area (Å²) in [5.74, 6) is -0.410. The highest BCUT2D eigenvalue weighted by molar-refractivity contribution is 8.00. The van der Waals surface area contributed by atoms with Gasteiger partial charge in [0.15, 0.2) is 15.0 Å². The van der Waals surface area contributed by atoms with E-state index in [1.54, 1.807) is 31.2 Å². The van der Waals surface area contributed by atoms with Crippen LogP contribution < -0.4 is 5.32 Å². The summed E-state index contributed by atoms with van der Waals surface area (Å²) >= 11 is 0.926. The molecule has 2 heterocycles. The number of alkyl halides is 2. The summed E-state index contributed by atoms with van der Waals surface area (Å²) in [5, 5.41) is 2.04. The number of carbonyl (C=O) groups is 1. The number of hydrogen-bond acceptors (Lipinski definition) is 5. The number of imidazole rings is 1. The fourth-order valence-corrected chi connectivity index (χ4v) is 5.34. The summed E-state index contributed by atoms with van der Waals surface area (Å²) in [6.07, 6.45) is 0.376. The molecule has 0 unspecified atom stereocenters. The molecule has 1 fully saturated rings. The van der Waals surface area contributed by atoms with E-state index >= 15 is 0 Å². The van der Waals surface area contributed by atoms with Crippen LogP contribution in [0.25, 0.3) is 11.0 Å². The fourth-order valence-electron chi connectivity index (χ4n) is 2.73. The van der Waals surface area contributed by atoms with Crippen molar-refractivity contribution in [2.24, 2.45) is 0 Å². The number of sulfone groups is 1. The Morgan fingerprint density at radius 2 is 2.12 bits per heavy atom. The van der Waals surface area contributed by atoms with Gasteiger partial charge in [-0.15, -0.1) is 0 Å². The number of nitrogens with zero attached hydrogens (tertiary/aromatic N) is 2. The average molecular weight is 389 g/mol. The maximum absolute atomic E-state index is 13.4. The first-order valence-electron chi connectivity index (χ1n) is 7.69. The van der Waals surface area contributed by atoms with Gasteiger partial charge < -0.3 is 5.32 Å². The molecular weight excluding hydrogens is 372 g/mol. The summed E-state index contributed by atoms with van der Waals surface area (Å²) in [5.41, 5.74) is 0.731. The number of nitrogens with one attached hydrogen (secondary N) is 1. The summed E-state index contributed by atoms with van der Waals surface area (Å²) in [6, 6.07) is 6.11. The van der Waals surface area contributed by atoms with Gasteiger partial charge in [-0.2, -0.15) is 8.78 Å². The molecule has 0 aliphatic carbocycles. The van der Waals surface area contributed by atoms with Gasteiger partial charge in [-0.3, -0.25) is 9.36 Å². The monoisotopic (exact) mass is 389 g/mol. The van der Waals surface area contributed by atoms with Gasteiger partial charge >= 0.3 is 6.55 Å². The van der Waals surface area contributed by atoms with Gasteiger partial charge in [-0.1, -0.05) is 23.9 Å². The zero-order chi connectivity index (χ0) is 18.2. The molecule has 0 saturated carbocycles. The molecule has 1 amide bonds. The van der Waals surface area contributed by atoms with Crippen molar-refractivity contribution in [2.75, 3.05) is 11.5 Å². The van der Waals surface area contributed by atoms with Crippen LogP contribution in [0.15, 0.2) is 29.4 Å². The van der Waals surface area contributed by atoms with Crippen molar-refractivity contribution in [1.82, 2.24) is 14.9 Å². The Labute approximate surface area is 147 Å². The van der Waals surface area contributed by atoms with Crippen LogP contribution in [0.2, 0.25) is 0 Å². The van der Waals surface area contributed by atoms with Crippen LogP contribution in [-0.4, -0.2) is 46.7 Å².